The van der Waals surface area contributed by atoms with Crippen LogP contribution in [0.1, 0.15) is 75.0 Å². The Labute approximate surface area is 182 Å². The maximum absolute atomic E-state index is 2.59. The van der Waals surface area contributed by atoms with E-state index in [1.165, 1.54) is 67.3 Å². The summed E-state index contributed by atoms with van der Waals surface area (Å²) in [5, 5.41) is 0. The van der Waals surface area contributed by atoms with Gasteiger partial charge in [0.25, 0.3) is 0 Å². The number of rotatable bonds is 7. The molecular formula is C27H42GeN+. The van der Waals surface area contributed by atoms with Crippen LogP contribution in [0.15, 0.2) is 30.5 Å². The van der Waals surface area contributed by atoms with Crippen molar-refractivity contribution in [3.05, 3.63) is 47.2 Å². The van der Waals surface area contributed by atoms with Crippen LogP contribution in [0.4, 0.5) is 0 Å². The second-order valence-electron chi connectivity index (χ2n) is 10.4. The Morgan fingerprint density at radius 2 is 1.69 bits per heavy atom. The van der Waals surface area contributed by atoms with Crippen LogP contribution >= 0.6 is 0 Å². The number of hydrogen-bond acceptors (Lipinski definition) is 0. The molecule has 1 aromatic carbocycles. The fourth-order valence-electron chi connectivity index (χ4n) is 5.29. The van der Waals surface area contributed by atoms with Gasteiger partial charge in [0.1, 0.15) is 0 Å². The molecule has 1 aliphatic carbocycles. The van der Waals surface area contributed by atoms with Crippen molar-refractivity contribution in [2.75, 3.05) is 0 Å². The molecule has 0 amide bonds. The molecule has 0 N–H and O–H groups in total. The van der Waals surface area contributed by atoms with Gasteiger partial charge in [0, 0.05) is 0 Å². The van der Waals surface area contributed by atoms with E-state index in [1.807, 2.05) is 0 Å². The summed E-state index contributed by atoms with van der Waals surface area (Å²) < 4.78 is 4.14. The van der Waals surface area contributed by atoms with Gasteiger partial charge in [0.2, 0.25) is 0 Å². The van der Waals surface area contributed by atoms with Gasteiger partial charge in [-0.25, -0.2) is 0 Å². The average Bonchev–Trinajstić information content (AvgIpc) is 3.16. The molecule has 0 saturated heterocycles. The molecule has 1 aromatic heterocycles. The molecule has 1 nitrogen and oxygen atoms in total. The van der Waals surface area contributed by atoms with Crippen molar-refractivity contribution in [1.29, 1.82) is 0 Å². The van der Waals surface area contributed by atoms with E-state index in [0.29, 0.717) is 5.92 Å². The number of pyridine rings is 1. The fourth-order valence-corrected chi connectivity index (χ4v) is 8.85. The van der Waals surface area contributed by atoms with Crippen molar-refractivity contribution < 1.29 is 4.57 Å². The van der Waals surface area contributed by atoms with E-state index >= 15 is 0 Å². The van der Waals surface area contributed by atoms with Gasteiger partial charge in [-0.2, -0.15) is 0 Å². The molecule has 0 radical (unpaired) electrons. The van der Waals surface area contributed by atoms with Crippen LogP contribution in [0.5, 0.6) is 0 Å². The molecule has 3 rings (SSSR count). The maximum atomic E-state index is 2.59. The van der Waals surface area contributed by atoms with E-state index in [0.717, 1.165) is 5.92 Å². The molecule has 1 fully saturated rings. The van der Waals surface area contributed by atoms with Crippen molar-refractivity contribution in [1.82, 2.24) is 0 Å². The van der Waals surface area contributed by atoms with E-state index in [4.69, 9.17) is 0 Å². The predicted molar refractivity (Wildman–Crippen MR) is 130 cm³/mol. The van der Waals surface area contributed by atoms with Gasteiger partial charge in [-0.3, -0.25) is 0 Å². The van der Waals surface area contributed by atoms with Gasteiger partial charge < -0.3 is 0 Å². The third kappa shape index (κ3) is 5.16. The Hall–Kier alpha value is -1.09. The second-order valence-corrected chi connectivity index (χ2v) is 21.0. The minimum atomic E-state index is -1.97. The number of benzene rings is 1. The second kappa shape index (κ2) is 9.37. The van der Waals surface area contributed by atoms with Crippen LogP contribution in [0, 0.1) is 12.8 Å². The van der Waals surface area contributed by atoms with Crippen molar-refractivity contribution in [2.24, 2.45) is 13.0 Å². The fraction of sp³-hybridized carbons (Fsp3) is 0.593. The normalized spacial score (nSPS) is 15.4. The molecular weight excluding hydrogens is 411 g/mol. The number of nitrogens with zero attached hydrogens (tertiary/aromatic N) is 1. The van der Waals surface area contributed by atoms with E-state index < -0.39 is 13.3 Å². The van der Waals surface area contributed by atoms with Crippen LogP contribution in [0.3, 0.4) is 0 Å². The quantitative estimate of drug-likeness (QED) is 0.326. The topological polar surface area (TPSA) is 3.88 Å². The molecule has 1 aliphatic rings. The van der Waals surface area contributed by atoms with Crippen LogP contribution in [-0.4, -0.2) is 13.3 Å². The number of hydrogen-bond donors (Lipinski definition) is 0. The zero-order chi connectivity index (χ0) is 21.2. The summed E-state index contributed by atoms with van der Waals surface area (Å²) in [5.41, 5.74) is 7.37. The summed E-state index contributed by atoms with van der Waals surface area (Å²) in [5.74, 6) is 9.26. The molecule has 0 atom stereocenters. The van der Waals surface area contributed by atoms with E-state index in [-0.39, 0.29) is 0 Å². The van der Waals surface area contributed by atoms with Gasteiger partial charge in [0.15, 0.2) is 0 Å². The van der Waals surface area contributed by atoms with Crippen molar-refractivity contribution in [2.45, 2.75) is 88.9 Å². The predicted octanol–water partition coefficient (Wildman–Crippen LogP) is 6.67. The first-order chi connectivity index (χ1) is 13.7. The molecule has 2 aromatic rings. The van der Waals surface area contributed by atoms with Gasteiger partial charge in [-0.05, 0) is 0 Å². The molecule has 29 heavy (non-hydrogen) atoms. The van der Waals surface area contributed by atoms with E-state index in [1.54, 1.807) is 9.96 Å². The van der Waals surface area contributed by atoms with E-state index in [2.05, 4.69) is 80.1 Å². The van der Waals surface area contributed by atoms with E-state index in [9.17, 15) is 0 Å². The molecule has 0 unspecified atom stereocenters. The summed E-state index contributed by atoms with van der Waals surface area (Å²) in [6, 6.07) is 9.77. The van der Waals surface area contributed by atoms with Crippen LogP contribution in [0.2, 0.25) is 17.3 Å². The van der Waals surface area contributed by atoms with Crippen molar-refractivity contribution in [3.63, 3.8) is 0 Å². The molecule has 1 saturated carbocycles. The SMILES string of the molecule is CCC(CC)c1ccc(C)c(-c2c[c]([Ge]([CH3])([CH3])[CH3])c(CC3CCCC3)c[n+]2C)c1. The minimum absolute atomic E-state index is 0.668. The first kappa shape index (κ1) is 22.6. The first-order valence-electron chi connectivity index (χ1n) is 11.9. The van der Waals surface area contributed by atoms with Gasteiger partial charge >= 0.3 is 183 Å². The Morgan fingerprint density at radius 1 is 1.03 bits per heavy atom. The zero-order valence-electron chi connectivity index (χ0n) is 19.9. The van der Waals surface area contributed by atoms with Crippen LogP contribution < -0.4 is 8.96 Å². The Morgan fingerprint density at radius 3 is 2.28 bits per heavy atom. The van der Waals surface area contributed by atoms with Crippen LogP contribution in [0.25, 0.3) is 11.3 Å². The monoisotopic (exact) mass is 454 g/mol. The first-order valence-corrected chi connectivity index (χ1v) is 19.2. The average molecular weight is 453 g/mol. The summed E-state index contributed by atoms with van der Waals surface area (Å²) in [4.78, 5) is 0. The van der Waals surface area contributed by atoms with Crippen molar-refractivity contribution in [3.8, 4) is 11.3 Å². The summed E-state index contributed by atoms with van der Waals surface area (Å²) in [6.45, 7) is 6.91. The molecule has 0 bridgehead atoms. The Balaban J connectivity index is 2.09. The molecule has 2 heteroatoms. The summed E-state index contributed by atoms with van der Waals surface area (Å²) in [7, 11) is 2.26. The van der Waals surface area contributed by atoms with Gasteiger partial charge in [-0.1, -0.05) is 0 Å². The molecule has 0 aliphatic heterocycles. The van der Waals surface area contributed by atoms with Gasteiger partial charge in [0.05, 0.1) is 0 Å². The zero-order valence-corrected chi connectivity index (χ0v) is 22.0. The molecule has 0 spiro atoms. The molecule has 158 valence electrons. The number of aryl methyl sites for hydroxylation is 2. The summed E-state index contributed by atoms with van der Waals surface area (Å²) >= 11 is -1.97. The summed E-state index contributed by atoms with van der Waals surface area (Å²) in [6.07, 6.45) is 11.9. The van der Waals surface area contributed by atoms with Gasteiger partial charge in [-0.15, -0.1) is 0 Å². The molecule has 1 heterocycles. The van der Waals surface area contributed by atoms with Crippen LogP contribution in [-0.2, 0) is 13.5 Å². The Kier molecular flexibility index (Phi) is 7.30. The third-order valence-corrected chi connectivity index (χ3v) is 11.5. The van der Waals surface area contributed by atoms with Crippen molar-refractivity contribution >= 4 is 17.7 Å². The standard InChI is InChI=1S/C27H42GeN/c1-8-22(9-2)23-15-14-20(3)25(17-23)27-18-26(28(4,5)6)24(19-29(27)7)16-21-12-10-11-13-21/h14-15,17-19,21-22H,8-13,16H2,1-7H3/q+1. The third-order valence-electron chi connectivity index (χ3n) is 7.14. The number of aromatic nitrogens is 1. The Bertz CT molecular complexity index is 836.